The van der Waals surface area contributed by atoms with Crippen LogP contribution >= 0.6 is 0 Å². The van der Waals surface area contributed by atoms with E-state index in [1.807, 2.05) is 48.5 Å². The number of fused-ring (bicyclic) bond motifs is 1. The zero-order valence-electron chi connectivity index (χ0n) is 10.9. The molecule has 2 aromatic carbocycles. The van der Waals surface area contributed by atoms with Crippen molar-refractivity contribution in [2.24, 2.45) is 0 Å². The van der Waals surface area contributed by atoms with Crippen molar-refractivity contribution in [3.63, 3.8) is 0 Å². The molecule has 1 aliphatic rings. The third-order valence-electron chi connectivity index (χ3n) is 3.29. The predicted molar refractivity (Wildman–Crippen MR) is 74.6 cm³/mol. The smallest absolute Gasteiger partial charge is 0.272 e. The molecule has 20 heavy (non-hydrogen) atoms. The Morgan fingerprint density at radius 3 is 2.45 bits per heavy atom. The summed E-state index contributed by atoms with van der Waals surface area (Å²) in [6.45, 7) is 0.361. The van der Waals surface area contributed by atoms with E-state index in [1.165, 1.54) is 5.01 Å². The van der Waals surface area contributed by atoms with Crippen LogP contribution in [0, 0.1) is 0 Å². The minimum absolute atomic E-state index is 0.167. The van der Waals surface area contributed by atoms with Gasteiger partial charge >= 0.3 is 0 Å². The fourth-order valence-electron chi connectivity index (χ4n) is 2.32. The molecule has 4 nitrogen and oxygen atoms in total. The van der Waals surface area contributed by atoms with Crippen molar-refractivity contribution >= 4 is 11.8 Å². The molecule has 1 heterocycles. The Bertz CT molecular complexity index is 653. The summed E-state index contributed by atoms with van der Waals surface area (Å²) in [4.78, 5) is 24.4. The van der Waals surface area contributed by atoms with Crippen LogP contribution in [-0.4, -0.2) is 16.8 Å². The van der Waals surface area contributed by atoms with Gasteiger partial charge in [-0.15, -0.1) is 0 Å². The van der Waals surface area contributed by atoms with Gasteiger partial charge < -0.3 is 0 Å². The highest BCUT2D eigenvalue weighted by molar-refractivity contribution is 5.99. The van der Waals surface area contributed by atoms with E-state index in [4.69, 9.17) is 0 Å². The van der Waals surface area contributed by atoms with Crippen LogP contribution in [-0.2, 0) is 17.8 Å². The van der Waals surface area contributed by atoms with Gasteiger partial charge in [-0.25, -0.2) is 5.01 Å². The summed E-state index contributed by atoms with van der Waals surface area (Å²) >= 11 is 0. The average Bonchev–Trinajstić information content (AvgIpc) is 2.58. The second-order valence-electron chi connectivity index (χ2n) is 4.75. The quantitative estimate of drug-likeness (QED) is 0.902. The Labute approximate surface area is 117 Å². The lowest BCUT2D eigenvalue weighted by molar-refractivity contribution is -0.124. The zero-order chi connectivity index (χ0) is 13.9. The van der Waals surface area contributed by atoms with Crippen molar-refractivity contribution in [1.29, 1.82) is 0 Å². The summed E-state index contributed by atoms with van der Waals surface area (Å²) in [6.07, 6.45) is 0.229. The van der Waals surface area contributed by atoms with Gasteiger partial charge in [-0.05, 0) is 17.2 Å². The first-order valence-electron chi connectivity index (χ1n) is 6.47. The van der Waals surface area contributed by atoms with E-state index in [0.29, 0.717) is 12.1 Å². The van der Waals surface area contributed by atoms with Crippen LogP contribution in [0.3, 0.4) is 0 Å². The summed E-state index contributed by atoms with van der Waals surface area (Å²) in [6, 6.07) is 16.8. The number of nitrogens with one attached hydrogen (secondary N) is 1. The molecule has 0 bridgehead atoms. The second-order valence-corrected chi connectivity index (χ2v) is 4.75. The third-order valence-corrected chi connectivity index (χ3v) is 3.29. The second kappa shape index (κ2) is 5.17. The molecule has 1 N–H and O–H groups in total. The van der Waals surface area contributed by atoms with Crippen LogP contribution in [0.5, 0.6) is 0 Å². The maximum absolute atomic E-state index is 12.5. The van der Waals surface area contributed by atoms with Gasteiger partial charge in [0.1, 0.15) is 0 Å². The molecule has 0 aliphatic carbocycles. The Morgan fingerprint density at radius 1 is 0.950 bits per heavy atom. The molecule has 0 aromatic heterocycles. The highest BCUT2D eigenvalue weighted by Gasteiger charge is 2.25. The lowest BCUT2D eigenvalue weighted by Crippen LogP contribution is -2.44. The lowest BCUT2D eigenvalue weighted by Gasteiger charge is -2.21. The Hall–Kier alpha value is -2.62. The van der Waals surface area contributed by atoms with Crippen LogP contribution in [0.15, 0.2) is 54.6 Å². The van der Waals surface area contributed by atoms with E-state index in [-0.39, 0.29) is 18.2 Å². The van der Waals surface area contributed by atoms with Crippen LogP contribution in [0.4, 0.5) is 0 Å². The van der Waals surface area contributed by atoms with Gasteiger partial charge in [0.05, 0.1) is 13.0 Å². The highest BCUT2D eigenvalue weighted by atomic mass is 16.2. The van der Waals surface area contributed by atoms with Gasteiger partial charge in [0.2, 0.25) is 5.91 Å². The number of hydrogen-bond acceptors (Lipinski definition) is 2. The normalized spacial score (nSPS) is 14.5. The van der Waals surface area contributed by atoms with Crippen molar-refractivity contribution in [3.8, 4) is 0 Å². The largest absolute Gasteiger partial charge is 0.273 e. The molecule has 100 valence electrons. The third kappa shape index (κ3) is 2.40. The van der Waals surface area contributed by atoms with E-state index in [0.717, 1.165) is 11.1 Å². The lowest BCUT2D eigenvalue weighted by atomic mass is 10.0. The molecule has 1 aliphatic heterocycles. The van der Waals surface area contributed by atoms with E-state index >= 15 is 0 Å². The van der Waals surface area contributed by atoms with Crippen LogP contribution in [0.2, 0.25) is 0 Å². The Morgan fingerprint density at radius 2 is 1.65 bits per heavy atom. The summed E-state index contributed by atoms with van der Waals surface area (Å²) in [7, 11) is 0. The molecule has 0 spiro atoms. The van der Waals surface area contributed by atoms with Crippen molar-refractivity contribution < 1.29 is 9.59 Å². The molecule has 2 aromatic rings. The van der Waals surface area contributed by atoms with Crippen molar-refractivity contribution in [3.05, 3.63) is 71.3 Å². The Kier molecular flexibility index (Phi) is 3.21. The minimum atomic E-state index is -0.171. The zero-order valence-corrected chi connectivity index (χ0v) is 10.9. The first-order chi connectivity index (χ1) is 9.74. The number of carbonyl (C=O) groups is 2. The average molecular weight is 266 g/mol. The van der Waals surface area contributed by atoms with Gasteiger partial charge in [0, 0.05) is 5.56 Å². The fraction of sp³-hybridized carbons (Fsp3) is 0.125. The number of hydrazine groups is 1. The van der Waals surface area contributed by atoms with Crippen LogP contribution in [0.25, 0.3) is 0 Å². The number of rotatable bonds is 2. The van der Waals surface area contributed by atoms with Crippen LogP contribution < -0.4 is 5.43 Å². The molecule has 0 fully saturated rings. The van der Waals surface area contributed by atoms with Gasteiger partial charge in [-0.1, -0.05) is 48.5 Å². The molecule has 3 rings (SSSR count). The van der Waals surface area contributed by atoms with Gasteiger partial charge in [-0.2, -0.15) is 0 Å². The minimum Gasteiger partial charge on any atom is -0.273 e. The van der Waals surface area contributed by atoms with E-state index in [1.54, 1.807) is 6.07 Å². The van der Waals surface area contributed by atoms with Gasteiger partial charge in [-0.3, -0.25) is 15.0 Å². The number of hydrogen-bond donors (Lipinski definition) is 1. The maximum Gasteiger partial charge on any atom is 0.272 e. The first-order valence-corrected chi connectivity index (χ1v) is 6.47. The molecule has 0 saturated heterocycles. The molecule has 0 atom stereocenters. The van der Waals surface area contributed by atoms with E-state index < -0.39 is 0 Å². The predicted octanol–water partition coefficient (Wildman–Crippen LogP) is 1.92. The number of nitrogens with zero attached hydrogens (tertiary/aromatic N) is 1. The summed E-state index contributed by atoms with van der Waals surface area (Å²) in [5, 5.41) is 1.38. The van der Waals surface area contributed by atoms with Crippen LogP contribution in [0.1, 0.15) is 21.5 Å². The topological polar surface area (TPSA) is 49.4 Å². The SMILES string of the molecule is O=C1Cc2ccccc2C(=O)N(Cc2ccccc2)N1. The molecule has 4 heteroatoms. The van der Waals surface area contributed by atoms with E-state index in [2.05, 4.69) is 5.43 Å². The number of carbonyl (C=O) groups excluding carboxylic acids is 2. The van der Waals surface area contributed by atoms with Crippen molar-refractivity contribution in [1.82, 2.24) is 10.4 Å². The van der Waals surface area contributed by atoms with Gasteiger partial charge in [0.25, 0.3) is 5.91 Å². The summed E-state index contributed by atoms with van der Waals surface area (Å²) in [5.41, 5.74) is 5.00. The number of amides is 2. The van der Waals surface area contributed by atoms with E-state index in [9.17, 15) is 9.59 Å². The molecule has 2 amide bonds. The molecular weight excluding hydrogens is 252 g/mol. The molecule has 0 saturated carbocycles. The summed E-state index contributed by atoms with van der Waals surface area (Å²) < 4.78 is 0. The standard InChI is InChI=1S/C16H14N2O2/c19-15-10-13-8-4-5-9-14(13)16(20)18(17-15)11-12-6-2-1-3-7-12/h1-9H,10-11H2,(H,17,19). The fourth-order valence-corrected chi connectivity index (χ4v) is 2.32. The maximum atomic E-state index is 12.5. The monoisotopic (exact) mass is 266 g/mol. The molecule has 0 unspecified atom stereocenters. The summed E-state index contributed by atoms with van der Waals surface area (Å²) in [5.74, 6) is -0.338. The molecular formula is C16H14N2O2. The highest BCUT2D eigenvalue weighted by Crippen LogP contribution is 2.16. The van der Waals surface area contributed by atoms with Crippen molar-refractivity contribution in [2.75, 3.05) is 0 Å². The molecule has 0 radical (unpaired) electrons. The number of benzene rings is 2. The first kappa shape index (κ1) is 12.4. The Balaban J connectivity index is 1.92. The van der Waals surface area contributed by atoms with Gasteiger partial charge in [0.15, 0.2) is 0 Å². The van der Waals surface area contributed by atoms with Crippen molar-refractivity contribution in [2.45, 2.75) is 13.0 Å².